The molecule has 2 N–H and O–H groups in total. The van der Waals surface area contributed by atoms with Gasteiger partial charge in [0.15, 0.2) is 0 Å². The largest absolute Gasteiger partial charge is 0.396 e. The SMILES string of the molecule is O=C1CC[C@H](C(=O)N2CCC(CCO)C2)N1. The van der Waals surface area contributed by atoms with Gasteiger partial charge in [0, 0.05) is 26.1 Å². The van der Waals surface area contributed by atoms with Gasteiger partial charge >= 0.3 is 0 Å². The van der Waals surface area contributed by atoms with E-state index in [1.54, 1.807) is 0 Å². The second kappa shape index (κ2) is 4.82. The number of carbonyl (C=O) groups excluding carboxylic acids is 2. The molecule has 1 unspecified atom stereocenters. The van der Waals surface area contributed by atoms with E-state index in [9.17, 15) is 9.59 Å². The Bertz CT molecular complexity index is 293. The summed E-state index contributed by atoms with van der Waals surface area (Å²) in [4.78, 5) is 24.8. The van der Waals surface area contributed by atoms with Gasteiger partial charge in [-0.05, 0) is 25.2 Å². The molecule has 5 nitrogen and oxygen atoms in total. The minimum absolute atomic E-state index is 0.0237. The van der Waals surface area contributed by atoms with Crippen molar-refractivity contribution in [2.75, 3.05) is 19.7 Å². The van der Waals surface area contributed by atoms with Gasteiger partial charge in [-0.15, -0.1) is 0 Å². The van der Waals surface area contributed by atoms with E-state index in [2.05, 4.69) is 5.32 Å². The number of aliphatic hydroxyl groups excluding tert-OH is 1. The molecular weight excluding hydrogens is 208 g/mol. The molecule has 0 radical (unpaired) electrons. The fraction of sp³-hybridized carbons (Fsp3) is 0.818. The minimum Gasteiger partial charge on any atom is -0.396 e. The normalized spacial score (nSPS) is 29.6. The van der Waals surface area contributed by atoms with Crippen molar-refractivity contribution >= 4 is 11.8 Å². The van der Waals surface area contributed by atoms with Crippen molar-refractivity contribution in [2.45, 2.75) is 31.7 Å². The highest BCUT2D eigenvalue weighted by Crippen LogP contribution is 2.21. The van der Waals surface area contributed by atoms with Crippen molar-refractivity contribution in [3.63, 3.8) is 0 Å². The molecule has 2 fully saturated rings. The van der Waals surface area contributed by atoms with Gasteiger partial charge in [-0.1, -0.05) is 0 Å². The summed E-state index contributed by atoms with van der Waals surface area (Å²) >= 11 is 0. The zero-order valence-corrected chi connectivity index (χ0v) is 9.32. The van der Waals surface area contributed by atoms with Gasteiger partial charge in [0.1, 0.15) is 6.04 Å². The van der Waals surface area contributed by atoms with E-state index in [1.165, 1.54) is 0 Å². The Morgan fingerprint density at radius 3 is 2.94 bits per heavy atom. The number of nitrogens with one attached hydrogen (secondary N) is 1. The maximum Gasteiger partial charge on any atom is 0.245 e. The van der Waals surface area contributed by atoms with Crippen LogP contribution < -0.4 is 5.32 Å². The molecule has 0 aliphatic carbocycles. The summed E-state index contributed by atoms with van der Waals surface area (Å²) in [5.74, 6) is 0.446. The van der Waals surface area contributed by atoms with Crippen LogP contribution in [0.15, 0.2) is 0 Å². The Labute approximate surface area is 94.8 Å². The quantitative estimate of drug-likeness (QED) is 0.681. The number of carbonyl (C=O) groups is 2. The lowest BCUT2D eigenvalue weighted by molar-refractivity contribution is -0.133. The lowest BCUT2D eigenvalue weighted by atomic mass is 10.1. The molecule has 16 heavy (non-hydrogen) atoms. The molecule has 2 aliphatic heterocycles. The number of rotatable bonds is 3. The Morgan fingerprint density at radius 2 is 2.31 bits per heavy atom. The monoisotopic (exact) mass is 226 g/mol. The van der Waals surface area contributed by atoms with E-state index < -0.39 is 0 Å². The van der Waals surface area contributed by atoms with E-state index in [4.69, 9.17) is 5.11 Å². The smallest absolute Gasteiger partial charge is 0.245 e. The average Bonchev–Trinajstić information content (AvgIpc) is 2.87. The molecule has 0 bridgehead atoms. The summed E-state index contributed by atoms with van der Waals surface area (Å²) in [7, 11) is 0. The molecule has 90 valence electrons. The fourth-order valence-electron chi connectivity index (χ4n) is 2.47. The van der Waals surface area contributed by atoms with Gasteiger partial charge in [-0.25, -0.2) is 0 Å². The van der Waals surface area contributed by atoms with Crippen LogP contribution in [0.25, 0.3) is 0 Å². The predicted molar refractivity (Wildman–Crippen MR) is 57.6 cm³/mol. The van der Waals surface area contributed by atoms with E-state index in [0.29, 0.717) is 18.8 Å². The Balaban J connectivity index is 1.84. The number of hydrogen-bond acceptors (Lipinski definition) is 3. The summed E-state index contributed by atoms with van der Waals surface area (Å²) in [6.07, 6.45) is 2.82. The van der Waals surface area contributed by atoms with Crippen LogP contribution in [0.1, 0.15) is 25.7 Å². The van der Waals surface area contributed by atoms with Gasteiger partial charge in [0.05, 0.1) is 0 Å². The van der Waals surface area contributed by atoms with E-state index in [0.717, 1.165) is 25.9 Å². The minimum atomic E-state index is -0.305. The lowest BCUT2D eigenvalue weighted by Crippen LogP contribution is -2.43. The molecule has 2 saturated heterocycles. The Kier molecular flexibility index (Phi) is 3.43. The summed E-state index contributed by atoms with van der Waals surface area (Å²) in [6.45, 7) is 1.68. The maximum atomic E-state index is 12.0. The molecule has 2 aliphatic rings. The third kappa shape index (κ3) is 2.35. The van der Waals surface area contributed by atoms with Crippen LogP contribution in [0.2, 0.25) is 0 Å². The second-order valence-corrected chi connectivity index (χ2v) is 4.61. The highest BCUT2D eigenvalue weighted by molar-refractivity contribution is 5.90. The zero-order valence-electron chi connectivity index (χ0n) is 9.32. The van der Waals surface area contributed by atoms with Crippen LogP contribution in [0.4, 0.5) is 0 Å². The molecular formula is C11H18N2O3. The van der Waals surface area contributed by atoms with Crippen LogP contribution in [0.5, 0.6) is 0 Å². The highest BCUT2D eigenvalue weighted by Gasteiger charge is 2.34. The first-order chi connectivity index (χ1) is 7.70. The van der Waals surface area contributed by atoms with Gasteiger partial charge in [-0.2, -0.15) is 0 Å². The molecule has 0 saturated carbocycles. The van der Waals surface area contributed by atoms with Gasteiger partial charge in [0.2, 0.25) is 11.8 Å². The molecule has 2 amide bonds. The van der Waals surface area contributed by atoms with Crippen molar-refractivity contribution in [1.82, 2.24) is 10.2 Å². The number of nitrogens with zero attached hydrogens (tertiary/aromatic N) is 1. The molecule has 0 spiro atoms. The van der Waals surface area contributed by atoms with Crippen LogP contribution in [0, 0.1) is 5.92 Å². The molecule has 2 rings (SSSR count). The number of aliphatic hydroxyl groups is 1. The van der Waals surface area contributed by atoms with Gasteiger partial charge < -0.3 is 15.3 Å². The first-order valence-electron chi connectivity index (χ1n) is 5.89. The average molecular weight is 226 g/mol. The summed E-state index contributed by atoms with van der Waals surface area (Å²) in [5, 5.41) is 11.5. The van der Waals surface area contributed by atoms with Crippen LogP contribution in [0.3, 0.4) is 0 Å². The van der Waals surface area contributed by atoms with Crippen LogP contribution in [-0.2, 0) is 9.59 Å². The van der Waals surface area contributed by atoms with Crippen molar-refractivity contribution in [2.24, 2.45) is 5.92 Å². The van der Waals surface area contributed by atoms with E-state index >= 15 is 0 Å². The second-order valence-electron chi connectivity index (χ2n) is 4.61. The molecule has 2 heterocycles. The fourth-order valence-corrected chi connectivity index (χ4v) is 2.47. The number of amides is 2. The molecule has 0 aromatic rings. The Morgan fingerprint density at radius 1 is 1.50 bits per heavy atom. The third-order valence-corrected chi connectivity index (χ3v) is 3.43. The highest BCUT2D eigenvalue weighted by atomic mass is 16.3. The van der Waals surface area contributed by atoms with Crippen molar-refractivity contribution in [3.05, 3.63) is 0 Å². The lowest BCUT2D eigenvalue weighted by Gasteiger charge is -2.20. The van der Waals surface area contributed by atoms with Crippen molar-refractivity contribution in [1.29, 1.82) is 0 Å². The zero-order chi connectivity index (χ0) is 11.5. The molecule has 2 atom stereocenters. The molecule has 0 aromatic heterocycles. The summed E-state index contributed by atoms with van der Waals surface area (Å²) in [5.41, 5.74) is 0. The first kappa shape index (κ1) is 11.4. The van der Waals surface area contributed by atoms with Gasteiger partial charge in [0.25, 0.3) is 0 Å². The predicted octanol–water partition coefficient (Wildman–Crippen LogP) is -0.504. The maximum absolute atomic E-state index is 12.0. The number of hydrogen-bond donors (Lipinski definition) is 2. The first-order valence-corrected chi connectivity index (χ1v) is 5.89. The van der Waals surface area contributed by atoms with Gasteiger partial charge in [-0.3, -0.25) is 9.59 Å². The van der Waals surface area contributed by atoms with Crippen LogP contribution >= 0.6 is 0 Å². The third-order valence-electron chi connectivity index (χ3n) is 3.43. The number of likely N-dealkylation sites (tertiary alicyclic amines) is 1. The summed E-state index contributed by atoms with van der Waals surface area (Å²) < 4.78 is 0. The van der Waals surface area contributed by atoms with Crippen molar-refractivity contribution < 1.29 is 14.7 Å². The van der Waals surface area contributed by atoms with E-state index in [-0.39, 0.29) is 24.5 Å². The topological polar surface area (TPSA) is 69.6 Å². The molecule has 0 aromatic carbocycles. The standard InChI is InChI=1S/C11H18N2O3/c14-6-4-8-3-5-13(7-8)11(16)9-1-2-10(15)12-9/h8-9,14H,1-7H2,(H,12,15)/t8?,9-/m1/s1. The van der Waals surface area contributed by atoms with E-state index in [1.807, 2.05) is 4.90 Å². The van der Waals surface area contributed by atoms with Crippen LogP contribution in [-0.4, -0.2) is 47.6 Å². The molecule has 5 heteroatoms. The Hall–Kier alpha value is -1.10. The summed E-state index contributed by atoms with van der Waals surface area (Å²) in [6, 6.07) is -0.305. The van der Waals surface area contributed by atoms with Crippen molar-refractivity contribution in [3.8, 4) is 0 Å².